The summed E-state index contributed by atoms with van der Waals surface area (Å²) < 4.78 is 22.1. The molecule has 0 spiro atoms. The highest BCUT2D eigenvalue weighted by molar-refractivity contribution is 8.00. The summed E-state index contributed by atoms with van der Waals surface area (Å²) in [6, 6.07) is 5.41. The van der Waals surface area contributed by atoms with Crippen LogP contribution in [0.25, 0.3) is 10.9 Å². The lowest BCUT2D eigenvalue weighted by Crippen LogP contribution is -2.05. The number of nitrogen functional groups attached to an aromatic ring is 1. The van der Waals surface area contributed by atoms with E-state index in [1.807, 2.05) is 6.07 Å². The molecule has 2 N–H and O–H groups in total. The van der Waals surface area contributed by atoms with Crippen molar-refractivity contribution >= 4 is 38.2 Å². The smallest absolute Gasteiger partial charge is 0.148 e. The van der Waals surface area contributed by atoms with Crippen molar-refractivity contribution in [3.63, 3.8) is 0 Å². The van der Waals surface area contributed by atoms with Gasteiger partial charge in [0.25, 0.3) is 0 Å². The van der Waals surface area contributed by atoms with Gasteiger partial charge in [0, 0.05) is 23.1 Å². The summed E-state index contributed by atoms with van der Waals surface area (Å²) in [7, 11) is -2.94. The van der Waals surface area contributed by atoms with Crippen molar-refractivity contribution in [2.45, 2.75) is 5.03 Å². The Labute approximate surface area is 110 Å². The van der Waals surface area contributed by atoms with Gasteiger partial charge in [-0.25, -0.2) is 18.4 Å². The Bertz CT molecular complexity index is 671. The van der Waals surface area contributed by atoms with E-state index < -0.39 is 9.84 Å². The molecule has 2 aromatic rings. The predicted octanol–water partition coefficient (Wildman–Crippen LogP) is 1.35. The molecule has 5 nitrogen and oxygen atoms in total. The SMILES string of the molecule is CS(=O)(=O)CCSc1ncnc2ccc(N)cc12. The van der Waals surface area contributed by atoms with Crippen molar-refractivity contribution < 1.29 is 8.42 Å². The van der Waals surface area contributed by atoms with Crippen LogP contribution in [-0.2, 0) is 9.84 Å². The largest absolute Gasteiger partial charge is 0.399 e. The van der Waals surface area contributed by atoms with Crippen molar-refractivity contribution in [2.24, 2.45) is 0 Å². The lowest BCUT2D eigenvalue weighted by Gasteiger charge is -2.05. The Morgan fingerprint density at radius 1 is 1.33 bits per heavy atom. The molecule has 0 aliphatic heterocycles. The minimum atomic E-state index is -2.94. The minimum absolute atomic E-state index is 0.130. The van der Waals surface area contributed by atoms with Crippen molar-refractivity contribution in [2.75, 3.05) is 23.5 Å². The first-order valence-electron chi connectivity index (χ1n) is 5.26. The Kier molecular flexibility index (Phi) is 3.72. The van der Waals surface area contributed by atoms with Crippen LogP contribution in [0.5, 0.6) is 0 Å². The molecule has 0 aliphatic carbocycles. The fourth-order valence-electron chi connectivity index (χ4n) is 1.46. The maximum atomic E-state index is 11.1. The van der Waals surface area contributed by atoms with E-state index in [0.717, 1.165) is 15.9 Å². The van der Waals surface area contributed by atoms with E-state index in [2.05, 4.69) is 9.97 Å². The van der Waals surface area contributed by atoms with E-state index in [0.29, 0.717) is 11.4 Å². The van der Waals surface area contributed by atoms with Crippen LogP contribution in [0.15, 0.2) is 29.6 Å². The van der Waals surface area contributed by atoms with Crippen molar-refractivity contribution in [1.29, 1.82) is 0 Å². The molecule has 7 heteroatoms. The number of sulfone groups is 1. The number of hydrogen-bond acceptors (Lipinski definition) is 6. The number of rotatable bonds is 4. The van der Waals surface area contributed by atoms with Gasteiger partial charge in [0.15, 0.2) is 0 Å². The fraction of sp³-hybridized carbons (Fsp3) is 0.273. The summed E-state index contributed by atoms with van der Waals surface area (Å²) in [5.74, 6) is 0.602. The van der Waals surface area contributed by atoms with Crippen LogP contribution < -0.4 is 5.73 Å². The number of nitrogens with two attached hydrogens (primary N) is 1. The maximum Gasteiger partial charge on any atom is 0.148 e. The van der Waals surface area contributed by atoms with E-state index in [9.17, 15) is 8.42 Å². The summed E-state index contributed by atoms with van der Waals surface area (Å²) >= 11 is 1.40. The van der Waals surface area contributed by atoms with Gasteiger partial charge in [-0.1, -0.05) is 0 Å². The monoisotopic (exact) mass is 283 g/mol. The number of anilines is 1. The molecule has 0 amide bonds. The second-order valence-electron chi connectivity index (χ2n) is 3.93. The lowest BCUT2D eigenvalue weighted by atomic mass is 10.2. The van der Waals surface area contributed by atoms with Gasteiger partial charge in [-0.15, -0.1) is 11.8 Å². The second kappa shape index (κ2) is 5.11. The van der Waals surface area contributed by atoms with Gasteiger partial charge in [-0.05, 0) is 18.2 Å². The second-order valence-corrected chi connectivity index (χ2v) is 7.28. The molecule has 0 radical (unpaired) electrons. The molecule has 0 saturated heterocycles. The molecular weight excluding hydrogens is 270 g/mol. The Morgan fingerprint density at radius 2 is 2.11 bits per heavy atom. The molecule has 0 saturated carbocycles. The molecule has 0 unspecified atom stereocenters. The molecule has 1 heterocycles. The van der Waals surface area contributed by atoms with Crippen LogP contribution in [0.3, 0.4) is 0 Å². The van der Waals surface area contributed by atoms with E-state index in [4.69, 9.17) is 5.73 Å². The highest BCUT2D eigenvalue weighted by Gasteiger charge is 2.07. The molecule has 1 aromatic heterocycles. The van der Waals surface area contributed by atoms with Gasteiger partial charge in [0.1, 0.15) is 21.2 Å². The Morgan fingerprint density at radius 3 is 2.83 bits per heavy atom. The molecule has 18 heavy (non-hydrogen) atoms. The molecule has 1 aromatic carbocycles. The topological polar surface area (TPSA) is 85.9 Å². The zero-order valence-electron chi connectivity index (χ0n) is 9.83. The summed E-state index contributed by atoms with van der Waals surface area (Å²) in [4.78, 5) is 8.31. The van der Waals surface area contributed by atoms with Gasteiger partial charge in [-0.2, -0.15) is 0 Å². The van der Waals surface area contributed by atoms with Crippen molar-refractivity contribution in [1.82, 2.24) is 9.97 Å². The van der Waals surface area contributed by atoms with Crippen LogP contribution in [0.2, 0.25) is 0 Å². The number of benzene rings is 1. The lowest BCUT2D eigenvalue weighted by molar-refractivity contribution is 0.603. The normalized spacial score (nSPS) is 11.8. The third kappa shape index (κ3) is 3.33. The maximum absolute atomic E-state index is 11.1. The average Bonchev–Trinajstić information content (AvgIpc) is 2.28. The van der Waals surface area contributed by atoms with Gasteiger partial charge < -0.3 is 5.73 Å². The first kappa shape index (κ1) is 13.1. The van der Waals surface area contributed by atoms with Crippen molar-refractivity contribution in [3.8, 4) is 0 Å². The number of hydrogen-bond donors (Lipinski definition) is 1. The van der Waals surface area contributed by atoms with E-state index in [1.165, 1.54) is 24.3 Å². The first-order valence-corrected chi connectivity index (χ1v) is 8.31. The van der Waals surface area contributed by atoms with Gasteiger partial charge in [-0.3, -0.25) is 0 Å². The number of fused-ring (bicyclic) bond motifs is 1. The van der Waals surface area contributed by atoms with Gasteiger partial charge in [0.05, 0.1) is 11.3 Å². The third-order valence-corrected chi connectivity index (χ3v) is 4.53. The molecule has 0 fully saturated rings. The van der Waals surface area contributed by atoms with Crippen LogP contribution in [0, 0.1) is 0 Å². The summed E-state index contributed by atoms with van der Waals surface area (Å²) in [5.41, 5.74) is 7.18. The standard InChI is InChI=1S/C11H13N3O2S2/c1-18(15,16)5-4-17-11-9-6-8(12)2-3-10(9)13-7-14-11/h2-3,6-7H,4-5,12H2,1H3. The predicted molar refractivity (Wildman–Crippen MR) is 74.4 cm³/mol. The first-order chi connectivity index (χ1) is 8.46. The Balaban J connectivity index is 2.25. The number of nitrogens with zero attached hydrogens (tertiary/aromatic N) is 2. The van der Waals surface area contributed by atoms with E-state index >= 15 is 0 Å². The van der Waals surface area contributed by atoms with Crippen LogP contribution in [0.1, 0.15) is 0 Å². The Hall–Kier alpha value is -1.34. The summed E-state index contributed by atoms with van der Waals surface area (Å²) in [6.07, 6.45) is 2.70. The average molecular weight is 283 g/mol. The van der Waals surface area contributed by atoms with E-state index in [1.54, 1.807) is 12.1 Å². The highest BCUT2D eigenvalue weighted by atomic mass is 32.2. The summed E-state index contributed by atoms with van der Waals surface area (Å²) in [5, 5.41) is 1.62. The van der Waals surface area contributed by atoms with Crippen LogP contribution in [-0.4, -0.2) is 36.1 Å². The highest BCUT2D eigenvalue weighted by Crippen LogP contribution is 2.25. The number of thioether (sulfide) groups is 1. The molecular formula is C11H13N3O2S2. The van der Waals surface area contributed by atoms with Crippen LogP contribution >= 0.6 is 11.8 Å². The minimum Gasteiger partial charge on any atom is -0.399 e. The number of aromatic nitrogens is 2. The van der Waals surface area contributed by atoms with E-state index in [-0.39, 0.29) is 5.75 Å². The fourth-order valence-corrected chi connectivity index (χ4v) is 3.63. The molecule has 0 bridgehead atoms. The summed E-state index contributed by atoms with van der Waals surface area (Å²) in [6.45, 7) is 0. The van der Waals surface area contributed by atoms with Crippen molar-refractivity contribution in [3.05, 3.63) is 24.5 Å². The van der Waals surface area contributed by atoms with Gasteiger partial charge >= 0.3 is 0 Å². The molecule has 96 valence electrons. The van der Waals surface area contributed by atoms with Gasteiger partial charge in [0.2, 0.25) is 0 Å². The molecule has 0 atom stereocenters. The zero-order chi connectivity index (χ0) is 13.2. The van der Waals surface area contributed by atoms with Crippen LogP contribution in [0.4, 0.5) is 5.69 Å². The molecule has 2 rings (SSSR count). The molecule has 0 aliphatic rings. The zero-order valence-corrected chi connectivity index (χ0v) is 11.5. The quantitative estimate of drug-likeness (QED) is 0.518. The third-order valence-electron chi connectivity index (χ3n) is 2.32.